The molecule has 0 radical (unpaired) electrons. The first-order valence-electron chi connectivity index (χ1n) is 19.3. The molecule has 11 rings (SSSR count). The minimum Gasteiger partial charge on any atom is -0.355 e. The van der Waals surface area contributed by atoms with Gasteiger partial charge in [-0.1, -0.05) is 93.6 Å². The van der Waals surface area contributed by atoms with Gasteiger partial charge in [0.15, 0.2) is 5.82 Å². The van der Waals surface area contributed by atoms with Crippen molar-refractivity contribution in [3.8, 4) is 28.2 Å². The first-order valence-corrected chi connectivity index (χ1v) is 19.3. The van der Waals surface area contributed by atoms with Crippen molar-refractivity contribution in [2.75, 3.05) is 13.6 Å². The zero-order chi connectivity index (χ0) is 36.3. The molecule has 1 aliphatic heterocycles. The van der Waals surface area contributed by atoms with Crippen LogP contribution in [0.25, 0.3) is 56.0 Å². The number of likely N-dealkylation sites (N-methyl/N-ethyl adjacent to an activating group) is 1. The average molecular weight is 700 g/mol. The van der Waals surface area contributed by atoms with Crippen LogP contribution < -0.4 is 0 Å². The van der Waals surface area contributed by atoms with Crippen LogP contribution >= 0.6 is 0 Å². The molecule has 0 amide bonds. The van der Waals surface area contributed by atoms with Crippen molar-refractivity contribution in [3.05, 3.63) is 166 Å². The molecule has 2 aromatic heterocycles. The third kappa shape index (κ3) is 4.48. The lowest BCUT2D eigenvalue weighted by molar-refractivity contribution is 0.557. The predicted molar refractivity (Wildman–Crippen MR) is 222 cm³/mol. The van der Waals surface area contributed by atoms with Gasteiger partial charge >= 0.3 is 0 Å². The largest absolute Gasteiger partial charge is 0.355 e. The van der Waals surface area contributed by atoms with Gasteiger partial charge in [0.1, 0.15) is 5.84 Å². The summed E-state index contributed by atoms with van der Waals surface area (Å²) in [5.74, 6) is 2.09. The topological polar surface area (TPSA) is 46.3 Å². The van der Waals surface area contributed by atoms with E-state index in [-0.39, 0.29) is 5.41 Å². The number of nitrogens with zero attached hydrogens (tertiary/aromatic N) is 5. The minimum atomic E-state index is -0.210. The van der Waals surface area contributed by atoms with Crippen molar-refractivity contribution in [2.24, 2.45) is 10.9 Å². The van der Waals surface area contributed by atoms with Gasteiger partial charge in [0, 0.05) is 71.1 Å². The maximum Gasteiger partial charge on any atom is 0.159 e. The summed E-state index contributed by atoms with van der Waals surface area (Å²) in [5, 5.41) is 4.05. The SMILES string of the molecule is CC1C=Cc2c(n(-c3cc(C4=NC=CCN4C)cc(-c4ncccn4)c3)c3c4c(c5c(c23)Cc2cc3ccccc3cc2C5)-c2ccccc2C4(C)C)C1. The molecule has 5 heteroatoms. The van der Waals surface area contributed by atoms with Gasteiger partial charge in [-0.15, -0.1) is 0 Å². The zero-order valence-corrected chi connectivity index (χ0v) is 31.2. The van der Waals surface area contributed by atoms with Crippen molar-refractivity contribution in [1.82, 2.24) is 19.4 Å². The summed E-state index contributed by atoms with van der Waals surface area (Å²) >= 11 is 0. The van der Waals surface area contributed by atoms with Crippen LogP contribution in [0.1, 0.15) is 71.0 Å². The summed E-state index contributed by atoms with van der Waals surface area (Å²) in [6, 6.07) is 31.7. The number of rotatable bonds is 3. The Labute approximate surface area is 316 Å². The van der Waals surface area contributed by atoms with Crippen LogP contribution in [0.5, 0.6) is 0 Å². The van der Waals surface area contributed by atoms with Gasteiger partial charge in [-0.05, 0) is 111 Å². The van der Waals surface area contributed by atoms with Crippen LogP contribution in [0.3, 0.4) is 0 Å². The molecule has 1 unspecified atom stereocenters. The smallest absolute Gasteiger partial charge is 0.159 e. The highest BCUT2D eigenvalue weighted by atomic mass is 15.2. The number of aliphatic imine (C=N–C) groups is 1. The second-order valence-corrected chi connectivity index (χ2v) is 16.2. The van der Waals surface area contributed by atoms with E-state index in [0.717, 1.165) is 48.5 Å². The third-order valence-electron chi connectivity index (χ3n) is 12.5. The fourth-order valence-electron chi connectivity index (χ4n) is 10.0. The van der Waals surface area contributed by atoms with Crippen LogP contribution in [-0.4, -0.2) is 38.9 Å². The Hall–Kier alpha value is -6.07. The van der Waals surface area contributed by atoms with Crippen molar-refractivity contribution in [2.45, 2.75) is 45.4 Å². The van der Waals surface area contributed by atoms with Crippen LogP contribution in [0.2, 0.25) is 0 Å². The number of fused-ring (bicyclic) bond motifs is 12. The van der Waals surface area contributed by atoms with E-state index in [1.807, 2.05) is 24.7 Å². The molecule has 1 atom stereocenters. The second kappa shape index (κ2) is 11.5. The minimum absolute atomic E-state index is 0.210. The van der Waals surface area contributed by atoms with Gasteiger partial charge in [-0.3, -0.25) is 0 Å². The highest BCUT2D eigenvalue weighted by molar-refractivity contribution is 6.07. The Morgan fingerprint density at radius 1 is 0.796 bits per heavy atom. The van der Waals surface area contributed by atoms with E-state index in [0.29, 0.717) is 11.7 Å². The van der Waals surface area contributed by atoms with Gasteiger partial charge < -0.3 is 9.47 Å². The lowest BCUT2D eigenvalue weighted by atomic mass is 9.75. The Kier molecular flexibility index (Phi) is 6.68. The maximum absolute atomic E-state index is 4.91. The van der Waals surface area contributed by atoms with Gasteiger partial charge in [-0.25, -0.2) is 15.0 Å². The van der Waals surface area contributed by atoms with Crippen LogP contribution in [0, 0.1) is 5.92 Å². The number of hydrogen-bond acceptors (Lipinski definition) is 4. The molecule has 5 nitrogen and oxygen atoms in total. The fraction of sp³-hybridized carbons (Fsp3) is 0.204. The molecule has 7 aromatic rings. The molecule has 3 aliphatic carbocycles. The summed E-state index contributed by atoms with van der Waals surface area (Å²) in [5.41, 5.74) is 18.6. The Morgan fingerprint density at radius 2 is 1.52 bits per heavy atom. The van der Waals surface area contributed by atoms with Crippen molar-refractivity contribution >= 4 is 33.6 Å². The number of hydrogen-bond donors (Lipinski definition) is 0. The molecule has 5 aromatic carbocycles. The molecule has 3 heterocycles. The first-order chi connectivity index (χ1) is 26.3. The van der Waals surface area contributed by atoms with E-state index in [4.69, 9.17) is 15.0 Å². The molecule has 262 valence electrons. The number of allylic oxidation sites excluding steroid dienone is 1. The monoisotopic (exact) mass is 699 g/mol. The van der Waals surface area contributed by atoms with Crippen LogP contribution in [-0.2, 0) is 24.7 Å². The van der Waals surface area contributed by atoms with Crippen LogP contribution in [0.15, 0.2) is 121 Å². The maximum atomic E-state index is 4.91. The molecule has 0 saturated heterocycles. The molecule has 54 heavy (non-hydrogen) atoms. The summed E-state index contributed by atoms with van der Waals surface area (Å²) < 4.78 is 2.64. The van der Waals surface area contributed by atoms with Crippen molar-refractivity contribution in [1.29, 1.82) is 0 Å². The van der Waals surface area contributed by atoms with Gasteiger partial charge in [0.25, 0.3) is 0 Å². The highest BCUT2D eigenvalue weighted by Gasteiger charge is 2.43. The standard InChI is InChI=1S/C49H41N5/c1-29-15-16-38-42(21-29)54(36-25-34(47-50-17-9-18-51-47)24-35(26-36)48-52-19-10-20-53(48)4)46-44(38)40-28-33-23-31-12-6-5-11-30(31)22-32(33)27-39(40)43-37-13-7-8-14-41(37)49(2,3)45(43)46/h5-19,22-26,29H,20-21,27-28H2,1-4H3. The van der Waals surface area contributed by atoms with E-state index in [1.54, 1.807) is 0 Å². The Morgan fingerprint density at radius 3 is 2.30 bits per heavy atom. The average Bonchev–Trinajstić information content (AvgIpc) is 3.65. The number of benzene rings is 5. The summed E-state index contributed by atoms with van der Waals surface area (Å²) in [7, 11) is 2.12. The van der Waals surface area contributed by atoms with Crippen molar-refractivity contribution < 1.29 is 0 Å². The Bertz CT molecular complexity index is 2830. The summed E-state index contributed by atoms with van der Waals surface area (Å²) in [6.45, 7) is 8.05. The van der Waals surface area contributed by atoms with E-state index < -0.39 is 0 Å². The molecule has 4 aliphatic rings. The van der Waals surface area contributed by atoms with Crippen LogP contribution in [0.4, 0.5) is 0 Å². The lowest BCUT2D eigenvalue weighted by Gasteiger charge is -2.29. The molecular formula is C49H41N5. The predicted octanol–water partition coefficient (Wildman–Crippen LogP) is 10.5. The fourth-order valence-corrected chi connectivity index (χ4v) is 10.0. The van der Waals surface area contributed by atoms with Gasteiger partial charge in [0.05, 0.1) is 5.52 Å². The molecule has 0 spiro atoms. The summed E-state index contributed by atoms with van der Waals surface area (Å²) in [6.07, 6.45) is 15.4. The molecule has 0 saturated carbocycles. The number of aromatic nitrogens is 3. The highest BCUT2D eigenvalue weighted by Crippen LogP contribution is 2.57. The second-order valence-electron chi connectivity index (χ2n) is 16.2. The molecular weight excluding hydrogens is 659 g/mol. The normalized spacial score (nSPS) is 17.6. The molecule has 0 fully saturated rings. The Balaban J connectivity index is 1.28. The zero-order valence-electron chi connectivity index (χ0n) is 31.2. The quantitative estimate of drug-likeness (QED) is 0.184. The number of amidine groups is 1. The van der Waals surface area contributed by atoms with Crippen molar-refractivity contribution in [3.63, 3.8) is 0 Å². The van der Waals surface area contributed by atoms with E-state index in [9.17, 15) is 0 Å². The first kappa shape index (κ1) is 31.5. The van der Waals surface area contributed by atoms with E-state index >= 15 is 0 Å². The van der Waals surface area contributed by atoms with E-state index in [1.165, 1.54) is 77.4 Å². The molecule has 0 bridgehead atoms. The summed E-state index contributed by atoms with van der Waals surface area (Å²) in [4.78, 5) is 16.6. The van der Waals surface area contributed by atoms with E-state index in [2.05, 4.69) is 134 Å². The van der Waals surface area contributed by atoms with Gasteiger partial charge in [0.2, 0.25) is 0 Å². The van der Waals surface area contributed by atoms with Gasteiger partial charge in [-0.2, -0.15) is 0 Å². The molecule has 0 N–H and O–H groups in total. The lowest BCUT2D eigenvalue weighted by Crippen LogP contribution is -2.29. The third-order valence-corrected chi connectivity index (χ3v) is 12.5.